The molecule has 0 heterocycles. The lowest BCUT2D eigenvalue weighted by Crippen LogP contribution is -2.17. The average molecular weight is 305 g/mol. The predicted octanol–water partition coefficient (Wildman–Crippen LogP) is 2.07. The molecule has 0 aliphatic rings. The van der Waals surface area contributed by atoms with Crippen LogP contribution in [0.15, 0.2) is 12.1 Å². The standard InChI is InChI=1S/C15H19NO4Si/c1-19-14(17)11-8-10(6-7-21(3,4)5)13(16)9-12(11)15(18)20-2/h8-9H,16H2,1-5H3. The van der Waals surface area contributed by atoms with Crippen molar-refractivity contribution in [1.82, 2.24) is 0 Å². The molecule has 1 aromatic carbocycles. The fourth-order valence-corrected chi connectivity index (χ4v) is 2.05. The van der Waals surface area contributed by atoms with Gasteiger partial charge in [-0.1, -0.05) is 25.6 Å². The number of benzene rings is 1. The minimum atomic E-state index is -1.58. The summed E-state index contributed by atoms with van der Waals surface area (Å²) in [6.07, 6.45) is 0. The third-order valence-electron chi connectivity index (χ3n) is 2.57. The van der Waals surface area contributed by atoms with Crippen LogP contribution in [0.1, 0.15) is 26.3 Å². The Kier molecular flexibility index (Phi) is 5.16. The van der Waals surface area contributed by atoms with Crippen LogP contribution in [0.3, 0.4) is 0 Å². The Morgan fingerprint density at radius 3 is 1.95 bits per heavy atom. The van der Waals surface area contributed by atoms with E-state index in [9.17, 15) is 9.59 Å². The van der Waals surface area contributed by atoms with Crippen LogP contribution in [0.5, 0.6) is 0 Å². The number of nitrogens with two attached hydrogens (primary N) is 1. The second-order valence-electron chi connectivity index (χ2n) is 5.47. The van der Waals surface area contributed by atoms with Crippen LogP contribution in [-0.4, -0.2) is 34.2 Å². The lowest BCUT2D eigenvalue weighted by Gasteiger charge is -2.10. The SMILES string of the molecule is COC(=O)c1cc(N)c(C#C[Si](C)(C)C)cc1C(=O)OC. The second kappa shape index (κ2) is 6.46. The molecule has 0 saturated heterocycles. The van der Waals surface area contributed by atoms with Gasteiger partial charge in [0.25, 0.3) is 0 Å². The molecule has 0 atom stereocenters. The molecule has 0 aliphatic carbocycles. The highest BCUT2D eigenvalue weighted by Crippen LogP contribution is 2.20. The Morgan fingerprint density at radius 2 is 1.52 bits per heavy atom. The van der Waals surface area contributed by atoms with Crippen molar-refractivity contribution in [3.63, 3.8) is 0 Å². The van der Waals surface area contributed by atoms with Crippen LogP contribution in [0, 0.1) is 11.5 Å². The van der Waals surface area contributed by atoms with Gasteiger partial charge in [0, 0.05) is 11.3 Å². The van der Waals surface area contributed by atoms with Gasteiger partial charge in [-0.05, 0) is 12.1 Å². The van der Waals surface area contributed by atoms with Crippen molar-refractivity contribution in [3.05, 3.63) is 28.8 Å². The van der Waals surface area contributed by atoms with Crippen molar-refractivity contribution in [2.24, 2.45) is 0 Å². The van der Waals surface area contributed by atoms with E-state index in [2.05, 4.69) is 40.6 Å². The van der Waals surface area contributed by atoms with Crippen molar-refractivity contribution < 1.29 is 19.1 Å². The quantitative estimate of drug-likeness (QED) is 0.392. The topological polar surface area (TPSA) is 78.6 Å². The molecule has 0 amide bonds. The monoisotopic (exact) mass is 305 g/mol. The van der Waals surface area contributed by atoms with E-state index in [0.717, 1.165) is 0 Å². The summed E-state index contributed by atoms with van der Waals surface area (Å²) in [7, 11) is 0.895. The zero-order valence-electron chi connectivity index (χ0n) is 12.9. The summed E-state index contributed by atoms with van der Waals surface area (Å²) < 4.78 is 9.33. The predicted molar refractivity (Wildman–Crippen MR) is 83.8 cm³/mol. The maximum absolute atomic E-state index is 11.8. The number of rotatable bonds is 2. The minimum Gasteiger partial charge on any atom is -0.465 e. The summed E-state index contributed by atoms with van der Waals surface area (Å²) in [5.74, 6) is 1.70. The maximum Gasteiger partial charge on any atom is 0.338 e. The third-order valence-corrected chi connectivity index (χ3v) is 3.45. The van der Waals surface area contributed by atoms with E-state index in [1.165, 1.54) is 26.4 Å². The fourth-order valence-electron chi connectivity index (χ4n) is 1.54. The summed E-state index contributed by atoms with van der Waals surface area (Å²) in [5.41, 5.74) is 10.1. The molecule has 5 nitrogen and oxygen atoms in total. The summed E-state index contributed by atoms with van der Waals surface area (Å²) in [4.78, 5) is 23.5. The molecule has 1 aromatic rings. The number of nitrogen functional groups attached to an aromatic ring is 1. The minimum absolute atomic E-state index is 0.0698. The largest absolute Gasteiger partial charge is 0.465 e. The number of methoxy groups -OCH3 is 2. The van der Waals surface area contributed by atoms with Gasteiger partial charge >= 0.3 is 11.9 Å². The molecule has 0 bridgehead atoms. The number of hydrogen-bond donors (Lipinski definition) is 1. The molecule has 0 spiro atoms. The Hall–Kier alpha value is -2.26. The molecule has 21 heavy (non-hydrogen) atoms. The Bertz CT molecular complexity index is 636. The number of carbonyl (C=O) groups is 2. The molecular formula is C15H19NO4Si. The lowest BCUT2D eigenvalue weighted by atomic mass is 10.0. The molecule has 1 rings (SSSR count). The maximum atomic E-state index is 11.8. The molecule has 0 fully saturated rings. The Morgan fingerprint density at radius 1 is 1.05 bits per heavy atom. The van der Waals surface area contributed by atoms with E-state index in [1.807, 2.05) is 0 Å². The molecule has 0 unspecified atom stereocenters. The summed E-state index contributed by atoms with van der Waals surface area (Å²) in [6.45, 7) is 6.29. The van der Waals surface area contributed by atoms with E-state index in [-0.39, 0.29) is 11.1 Å². The molecule has 0 radical (unpaired) electrons. The van der Waals surface area contributed by atoms with Gasteiger partial charge in [0.1, 0.15) is 8.07 Å². The van der Waals surface area contributed by atoms with Gasteiger partial charge in [-0.2, -0.15) is 0 Å². The van der Waals surface area contributed by atoms with Crippen molar-refractivity contribution in [1.29, 1.82) is 0 Å². The van der Waals surface area contributed by atoms with Crippen LogP contribution in [0.4, 0.5) is 5.69 Å². The first-order chi connectivity index (χ1) is 9.69. The van der Waals surface area contributed by atoms with E-state index in [1.54, 1.807) is 0 Å². The van der Waals surface area contributed by atoms with Gasteiger partial charge < -0.3 is 15.2 Å². The highest BCUT2D eigenvalue weighted by atomic mass is 28.3. The van der Waals surface area contributed by atoms with Crippen molar-refractivity contribution >= 4 is 25.7 Å². The number of hydrogen-bond acceptors (Lipinski definition) is 5. The van der Waals surface area contributed by atoms with Gasteiger partial charge in [-0.15, -0.1) is 5.54 Å². The van der Waals surface area contributed by atoms with Gasteiger partial charge in [0.15, 0.2) is 0 Å². The van der Waals surface area contributed by atoms with E-state index >= 15 is 0 Å². The lowest BCUT2D eigenvalue weighted by molar-refractivity contribution is 0.0555. The van der Waals surface area contributed by atoms with Crippen molar-refractivity contribution in [2.75, 3.05) is 20.0 Å². The molecule has 6 heteroatoms. The smallest absolute Gasteiger partial charge is 0.338 e. The van der Waals surface area contributed by atoms with Crippen molar-refractivity contribution in [2.45, 2.75) is 19.6 Å². The van der Waals surface area contributed by atoms with Crippen LogP contribution in [-0.2, 0) is 9.47 Å². The number of anilines is 1. The molecule has 2 N–H and O–H groups in total. The first-order valence-corrected chi connectivity index (χ1v) is 9.83. The summed E-state index contributed by atoms with van der Waals surface area (Å²) in [6, 6.07) is 2.87. The number of carbonyl (C=O) groups excluding carboxylic acids is 2. The van der Waals surface area contributed by atoms with E-state index in [0.29, 0.717) is 11.3 Å². The third kappa shape index (κ3) is 4.36. The van der Waals surface area contributed by atoms with Gasteiger partial charge in [-0.25, -0.2) is 9.59 Å². The van der Waals surface area contributed by atoms with Crippen LogP contribution < -0.4 is 5.73 Å². The van der Waals surface area contributed by atoms with E-state index < -0.39 is 20.0 Å². The van der Waals surface area contributed by atoms with Crippen LogP contribution in [0.2, 0.25) is 19.6 Å². The molecule has 0 aliphatic heterocycles. The first-order valence-electron chi connectivity index (χ1n) is 6.33. The zero-order chi connectivity index (χ0) is 16.2. The normalized spacial score (nSPS) is 10.3. The van der Waals surface area contributed by atoms with E-state index in [4.69, 9.17) is 5.73 Å². The molecular weight excluding hydrogens is 286 g/mol. The van der Waals surface area contributed by atoms with Crippen LogP contribution >= 0.6 is 0 Å². The van der Waals surface area contributed by atoms with Crippen molar-refractivity contribution in [3.8, 4) is 11.5 Å². The highest BCUT2D eigenvalue weighted by Gasteiger charge is 2.20. The summed E-state index contributed by atoms with van der Waals surface area (Å²) >= 11 is 0. The van der Waals surface area contributed by atoms with Gasteiger partial charge in [-0.3, -0.25) is 0 Å². The first kappa shape index (κ1) is 16.8. The van der Waals surface area contributed by atoms with Crippen LogP contribution in [0.25, 0.3) is 0 Å². The molecule has 0 aromatic heterocycles. The Labute approximate surface area is 125 Å². The summed E-state index contributed by atoms with van der Waals surface area (Å²) in [5, 5.41) is 0. The average Bonchev–Trinajstić information content (AvgIpc) is 2.42. The zero-order valence-corrected chi connectivity index (χ0v) is 13.9. The second-order valence-corrected chi connectivity index (χ2v) is 10.2. The Balaban J connectivity index is 3.47. The highest BCUT2D eigenvalue weighted by molar-refractivity contribution is 6.83. The number of esters is 2. The number of ether oxygens (including phenoxy) is 2. The van der Waals surface area contributed by atoms with Gasteiger partial charge in [0.05, 0.1) is 25.3 Å². The molecule has 112 valence electrons. The molecule has 0 saturated carbocycles. The van der Waals surface area contributed by atoms with Gasteiger partial charge in [0.2, 0.25) is 0 Å². The fraction of sp³-hybridized carbons (Fsp3) is 0.333.